The van der Waals surface area contributed by atoms with Crippen LogP contribution in [0.5, 0.6) is 5.75 Å². The maximum atomic E-state index is 13.5. The zero-order chi connectivity index (χ0) is 13.8. The lowest BCUT2D eigenvalue weighted by Gasteiger charge is -2.29. The topological polar surface area (TPSA) is 61.4 Å². The molecule has 4 nitrogen and oxygen atoms in total. The van der Waals surface area contributed by atoms with Crippen LogP contribution < -0.4 is 10.6 Å². The number of halogens is 1. The summed E-state index contributed by atoms with van der Waals surface area (Å²) in [6.45, 7) is 4.59. The Morgan fingerprint density at radius 1 is 1.58 bits per heavy atom. The Bertz CT molecular complexity index is 465. The van der Waals surface area contributed by atoms with Crippen LogP contribution in [0.25, 0.3) is 0 Å². The lowest BCUT2D eigenvalue weighted by Crippen LogP contribution is -2.42. The van der Waals surface area contributed by atoms with Gasteiger partial charge in [0.25, 0.3) is 5.91 Å². The van der Waals surface area contributed by atoms with E-state index in [4.69, 9.17) is 5.11 Å². The average Bonchev–Trinajstić information content (AvgIpc) is 2.37. The fraction of sp³-hybridized carbons (Fsp3) is 0.500. The summed E-state index contributed by atoms with van der Waals surface area (Å²) in [7, 11) is 0. The highest BCUT2D eigenvalue weighted by atomic mass is 19.1. The number of phenols is 1. The SMILES string of the molecule is CC1CCNCC1CNC(=O)c1ccc(O)cc1F. The molecule has 0 spiro atoms. The largest absolute Gasteiger partial charge is 0.508 e. The van der Waals surface area contributed by atoms with Crippen molar-refractivity contribution in [1.82, 2.24) is 10.6 Å². The summed E-state index contributed by atoms with van der Waals surface area (Å²) in [6.07, 6.45) is 1.09. The van der Waals surface area contributed by atoms with Crippen molar-refractivity contribution >= 4 is 5.91 Å². The number of amides is 1. The van der Waals surface area contributed by atoms with Crippen LogP contribution in [0.2, 0.25) is 0 Å². The first-order valence-electron chi connectivity index (χ1n) is 6.55. The number of piperidine rings is 1. The number of hydrogen-bond acceptors (Lipinski definition) is 3. The molecule has 0 aliphatic carbocycles. The van der Waals surface area contributed by atoms with Crippen LogP contribution in [-0.4, -0.2) is 30.6 Å². The molecular formula is C14H19FN2O2. The summed E-state index contributed by atoms with van der Waals surface area (Å²) >= 11 is 0. The first kappa shape index (κ1) is 13.8. The van der Waals surface area contributed by atoms with E-state index in [1.165, 1.54) is 12.1 Å². The number of hydrogen-bond donors (Lipinski definition) is 3. The van der Waals surface area contributed by atoms with Gasteiger partial charge in [0.2, 0.25) is 0 Å². The van der Waals surface area contributed by atoms with E-state index in [1.54, 1.807) is 0 Å². The molecule has 104 valence electrons. The third-order valence-corrected chi connectivity index (χ3v) is 3.71. The Balaban J connectivity index is 1.93. The predicted molar refractivity (Wildman–Crippen MR) is 70.5 cm³/mol. The average molecular weight is 266 g/mol. The van der Waals surface area contributed by atoms with Crippen LogP contribution in [0.15, 0.2) is 18.2 Å². The smallest absolute Gasteiger partial charge is 0.254 e. The molecule has 0 bridgehead atoms. The van der Waals surface area contributed by atoms with Gasteiger partial charge in [0.05, 0.1) is 5.56 Å². The maximum absolute atomic E-state index is 13.5. The van der Waals surface area contributed by atoms with Crippen molar-refractivity contribution in [3.05, 3.63) is 29.6 Å². The van der Waals surface area contributed by atoms with Gasteiger partial charge in [0.1, 0.15) is 11.6 Å². The summed E-state index contributed by atoms with van der Waals surface area (Å²) in [5, 5.41) is 15.2. The monoisotopic (exact) mass is 266 g/mol. The lowest BCUT2D eigenvalue weighted by atomic mass is 9.88. The van der Waals surface area contributed by atoms with E-state index in [9.17, 15) is 9.18 Å². The quantitative estimate of drug-likeness (QED) is 0.777. The van der Waals surface area contributed by atoms with E-state index in [-0.39, 0.29) is 11.3 Å². The van der Waals surface area contributed by atoms with Crippen molar-refractivity contribution in [2.45, 2.75) is 13.3 Å². The van der Waals surface area contributed by atoms with Gasteiger partial charge in [-0.15, -0.1) is 0 Å². The molecule has 0 radical (unpaired) electrons. The summed E-state index contributed by atoms with van der Waals surface area (Å²) in [6, 6.07) is 3.55. The third-order valence-electron chi connectivity index (χ3n) is 3.71. The van der Waals surface area contributed by atoms with E-state index in [0.717, 1.165) is 25.6 Å². The van der Waals surface area contributed by atoms with Gasteiger partial charge in [-0.25, -0.2) is 4.39 Å². The van der Waals surface area contributed by atoms with Gasteiger partial charge in [0, 0.05) is 12.6 Å². The van der Waals surface area contributed by atoms with Gasteiger partial charge in [-0.1, -0.05) is 6.92 Å². The number of benzene rings is 1. The molecule has 1 fully saturated rings. The van der Waals surface area contributed by atoms with Gasteiger partial charge >= 0.3 is 0 Å². The van der Waals surface area contributed by atoms with Gasteiger partial charge in [-0.2, -0.15) is 0 Å². The van der Waals surface area contributed by atoms with Gasteiger partial charge in [-0.05, 0) is 43.5 Å². The number of phenolic OH excluding ortho intramolecular Hbond substituents is 1. The standard InChI is InChI=1S/C14H19FN2O2/c1-9-4-5-16-7-10(9)8-17-14(19)12-3-2-11(18)6-13(12)15/h2-3,6,9-10,16,18H,4-5,7-8H2,1H3,(H,17,19). The minimum atomic E-state index is -0.702. The molecule has 1 aliphatic heterocycles. The van der Waals surface area contributed by atoms with Crippen molar-refractivity contribution in [2.75, 3.05) is 19.6 Å². The molecule has 1 saturated heterocycles. The van der Waals surface area contributed by atoms with Crippen molar-refractivity contribution in [2.24, 2.45) is 11.8 Å². The minimum Gasteiger partial charge on any atom is -0.508 e. The Morgan fingerprint density at radius 2 is 2.37 bits per heavy atom. The molecular weight excluding hydrogens is 247 g/mol. The second-order valence-electron chi connectivity index (χ2n) is 5.10. The highest BCUT2D eigenvalue weighted by Gasteiger charge is 2.22. The molecule has 1 heterocycles. The summed E-state index contributed by atoms with van der Waals surface area (Å²) in [5.74, 6) is -0.397. The highest BCUT2D eigenvalue weighted by Crippen LogP contribution is 2.18. The van der Waals surface area contributed by atoms with Crippen molar-refractivity contribution in [3.8, 4) is 5.75 Å². The number of carbonyl (C=O) groups excluding carboxylic acids is 1. The molecule has 2 atom stereocenters. The van der Waals surface area contributed by atoms with E-state index >= 15 is 0 Å². The van der Waals surface area contributed by atoms with Crippen molar-refractivity contribution < 1.29 is 14.3 Å². The molecule has 0 saturated carbocycles. The summed E-state index contributed by atoms with van der Waals surface area (Å²) < 4.78 is 13.5. The van der Waals surface area contributed by atoms with Crippen LogP contribution in [-0.2, 0) is 0 Å². The fourth-order valence-electron chi connectivity index (χ4n) is 2.33. The van der Waals surface area contributed by atoms with E-state index < -0.39 is 11.7 Å². The zero-order valence-corrected chi connectivity index (χ0v) is 10.9. The van der Waals surface area contributed by atoms with Crippen LogP contribution >= 0.6 is 0 Å². The van der Waals surface area contributed by atoms with Crippen molar-refractivity contribution in [1.29, 1.82) is 0 Å². The second-order valence-corrected chi connectivity index (χ2v) is 5.10. The first-order chi connectivity index (χ1) is 9.08. The predicted octanol–water partition coefficient (Wildman–Crippen LogP) is 1.51. The maximum Gasteiger partial charge on any atom is 0.254 e. The number of carbonyl (C=O) groups is 1. The molecule has 1 aliphatic rings. The van der Waals surface area contributed by atoms with Crippen molar-refractivity contribution in [3.63, 3.8) is 0 Å². The van der Waals surface area contributed by atoms with E-state index in [0.29, 0.717) is 18.4 Å². The molecule has 1 amide bonds. The van der Waals surface area contributed by atoms with E-state index in [2.05, 4.69) is 17.6 Å². The van der Waals surface area contributed by atoms with E-state index in [1.807, 2.05) is 0 Å². The molecule has 2 unspecified atom stereocenters. The molecule has 5 heteroatoms. The van der Waals surface area contributed by atoms with Gasteiger partial charge in [-0.3, -0.25) is 4.79 Å². The Kier molecular flexibility index (Phi) is 4.37. The number of rotatable bonds is 3. The van der Waals surface area contributed by atoms with Crippen LogP contribution in [0.4, 0.5) is 4.39 Å². The fourth-order valence-corrected chi connectivity index (χ4v) is 2.33. The summed E-state index contributed by atoms with van der Waals surface area (Å²) in [4.78, 5) is 11.9. The molecule has 1 aromatic rings. The lowest BCUT2D eigenvalue weighted by molar-refractivity contribution is 0.0935. The Labute approximate surface area is 112 Å². The first-order valence-corrected chi connectivity index (χ1v) is 6.55. The molecule has 2 rings (SSSR count). The number of nitrogens with one attached hydrogen (secondary N) is 2. The molecule has 3 N–H and O–H groups in total. The van der Waals surface area contributed by atoms with Gasteiger partial charge < -0.3 is 15.7 Å². The van der Waals surface area contributed by atoms with Crippen LogP contribution in [0.3, 0.4) is 0 Å². The zero-order valence-electron chi connectivity index (χ0n) is 10.9. The minimum absolute atomic E-state index is 0.0331. The van der Waals surface area contributed by atoms with Crippen LogP contribution in [0, 0.1) is 17.7 Å². The molecule has 1 aromatic carbocycles. The van der Waals surface area contributed by atoms with Crippen LogP contribution in [0.1, 0.15) is 23.7 Å². The third kappa shape index (κ3) is 3.44. The molecule has 19 heavy (non-hydrogen) atoms. The highest BCUT2D eigenvalue weighted by molar-refractivity contribution is 5.94. The second kappa shape index (κ2) is 6.02. The Hall–Kier alpha value is -1.62. The normalized spacial score (nSPS) is 23.1. The summed E-state index contributed by atoms with van der Waals surface area (Å²) in [5.41, 5.74) is -0.0331. The number of aromatic hydroxyl groups is 1. The van der Waals surface area contributed by atoms with Gasteiger partial charge in [0.15, 0.2) is 0 Å². The Morgan fingerprint density at radius 3 is 3.05 bits per heavy atom. The molecule has 0 aromatic heterocycles.